The third-order valence-electron chi connectivity index (χ3n) is 2.24. The Morgan fingerprint density at radius 3 is 2.79 bits per heavy atom. The second-order valence-corrected chi connectivity index (χ2v) is 5.34. The highest BCUT2D eigenvalue weighted by Crippen LogP contribution is 2.24. The number of aryl methyl sites for hydroxylation is 1. The molecular formula is C10H11FN4O3S. The zero-order valence-electron chi connectivity index (χ0n) is 9.95. The lowest BCUT2D eigenvalue weighted by molar-refractivity contribution is 0.292. The summed E-state index contributed by atoms with van der Waals surface area (Å²) in [6.07, 6.45) is 1.61. The number of benzene rings is 1. The minimum absolute atomic E-state index is 0.00198. The van der Waals surface area contributed by atoms with Crippen molar-refractivity contribution in [1.29, 1.82) is 0 Å². The molecule has 19 heavy (non-hydrogen) atoms. The Bertz CT molecular complexity index is 699. The van der Waals surface area contributed by atoms with E-state index in [0.717, 1.165) is 12.1 Å². The summed E-state index contributed by atoms with van der Waals surface area (Å²) in [6, 6.07) is 3.09. The van der Waals surface area contributed by atoms with Crippen LogP contribution in [0.3, 0.4) is 0 Å². The molecule has 7 nitrogen and oxygen atoms in total. The molecule has 102 valence electrons. The first-order valence-electron chi connectivity index (χ1n) is 5.16. The normalized spacial score (nSPS) is 11.5. The molecule has 0 amide bonds. The second kappa shape index (κ2) is 4.94. The van der Waals surface area contributed by atoms with Gasteiger partial charge in [-0.05, 0) is 18.2 Å². The number of hydrogen-bond donors (Lipinski definition) is 1. The molecule has 9 heteroatoms. The van der Waals surface area contributed by atoms with Crippen LogP contribution in [0.4, 0.5) is 4.39 Å². The third kappa shape index (κ3) is 3.26. The Labute approximate surface area is 108 Å². The summed E-state index contributed by atoms with van der Waals surface area (Å²) in [5.41, 5.74) is 0.507. The molecule has 0 radical (unpaired) electrons. The van der Waals surface area contributed by atoms with E-state index in [4.69, 9.17) is 9.88 Å². The van der Waals surface area contributed by atoms with Gasteiger partial charge in [0, 0.05) is 7.05 Å². The summed E-state index contributed by atoms with van der Waals surface area (Å²) in [6.45, 7) is 0.00198. The van der Waals surface area contributed by atoms with Crippen LogP contribution < -0.4 is 9.88 Å². The van der Waals surface area contributed by atoms with E-state index in [0.29, 0.717) is 5.69 Å². The summed E-state index contributed by atoms with van der Waals surface area (Å²) >= 11 is 0. The van der Waals surface area contributed by atoms with Gasteiger partial charge in [-0.1, -0.05) is 5.21 Å². The molecule has 2 rings (SSSR count). The van der Waals surface area contributed by atoms with Gasteiger partial charge in [-0.25, -0.2) is 17.9 Å². The van der Waals surface area contributed by atoms with Crippen LogP contribution in [-0.4, -0.2) is 23.4 Å². The highest BCUT2D eigenvalue weighted by Gasteiger charge is 2.16. The molecule has 0 spiro atoms. The number of rotatable bonds is 4. The van der Waals surface area contributed by atoms with Crippen molar-refractivity contribution in [2.45, 2.75) is 11.5 Å². The fourth-order valence-electron chi connectivity index (χ4n) is 1.44. The lowest BCUT2D eigenvalue weighted by atomic mass is 10.3. The maximum Gasteiger partial charge on any atom is 0.241 e. The predicted octanol–water partition coefficient (Wildman–Crippen LogP) is 0.181. The smallest absolute Gasteiger partial charge is 0.241 e. The zero-order valence-corrected chi connectivity index (χ0v) is 10.8. The fraction of sp³-hybridized carbons (Fsp3) is 0.200. The minimum atomic E-state index is -4.06. The van der Waals surface area contributed by atoms with Crippen molar-refractivity contribution in [3.05, 3.63) is 35.9 Å². The summed E-state index contributed by atoms with van der Waals surface area (Å²) < 4.78 is 42.4. The van der Waals surface area contributed by atoms with Crippen molar-refractivity contribution in [1.82, 2.24) is 15.0 Å². The summed E-state index contributed by atoms with van der Waals surface area (Å²) in [4.78, 5) is -0.406. The average Bonchev–Trinajstić information content (AvgIpc) is 2.72. The van der Waals surface area contributed by atoms with E-state index >= 15 is 0 Å². The lowest BCUT2D eigenvalue weighted by Crippen LogP contribution is -2.14. The van der Waals surface area contributed by atoms with Crippen molar-refractivity contribution >= 4 is 10.0 Å². The first kappa shape index (κ1) is 13.4. The number of nitrogens with zero attached hydrogens (tertiary/aromatic N) is 3. The SMILES string of the molecule is Cn1cc(COc2ccc(F)cc2S(N)(=O)=O)nn1. The highest BCUT2D eigenvalue weighted by atomic mass is 32.2. The summed E-state index contributed by atoms with van der Waals surface area (Å²) in [5, 5.41) is 12.5. The monoisotopic (exact) mass is 286 g/mol. The summed E-state index contributed by atoms with van der Waals surface area (Å²) in [5.74, 6) is -0.745. The minimum Gasteiger partial charge on any atom is -0.486 e. The van der Waals surface area contributed by atoms with Gasteiger partial charge in [-0.3, -0.25) is 4.68 Å². The molecule has 2 aromatic rings. The van der Waals surface area contributed by atoms with E-state index in [2.05, 4.69) is 10.3 Å². The maximum absolute atomic E-state index is 13.0. The summed E-state index contributed by atoms with van der Waals surface area (Å²) in [7, 11) is -2.38. The van der Waals surface area contributed by atoms with Crippen molar-refractivity contribution in [2.24, 2.45) is 12.2 Å². The van der Waals surface area contributed by atoms with Crippen molar-refractivity contribution < 1.29 is 17.5 Å². The highest BCUT2D eigenvalue weighted by molar-refractivity contribution is 7.89. The fourth-order valence-corrected chi connectivity index (χ4v) is 2.12. The van der Waals surface area contributed by atoms with Gasteiger partial charge in [0.05, 0.1) is 6.20 Å². The number of ether oxygens (including phenoxy) is 1. The largest absolute Gasteiger partial charge is 0.486 e. The molecule has 0 unspecified atom stereocenters. The van der Waals surface area contributed by atoms with E-state index in [9.17, 15) is 12.8 Å². The molecule has 0 saturated carbocycles. The zero-order chi connectivity index (χ0) is 14.0. The van der Waals surface area contributed by atoms with Gasteiger partial charge in [0.2, 0.25) is 10.0 Å². The van der Waals surface area contributed by atoms with Gasteiger partial charge in [0.1, 0.15) is 28.8 Å². The van der Waals surface area contributed by atoms with Gasteiger partial charge in [0.15, 0.2) is 0 Å². The Kier molecular flexibility index (Phi) is 3.49. The second-order valence-electron chi connectivity index (χ2n) is 3.81. The molecule has 0 aliphatic rings. The van der Waals surface area contributed by atoms with Gasteiger partial charge in [-0.15, -0.1) is 5.10 Å². The molecule has 0 saturated heterocycles. The van der Waals surface area contributed by atoms with Gasteiger partial charge < -0.3 is 4.74 Å². The van der Waals surface area contributed by atoms with Crippen LogP contribution >= 0.6 is 0 Å². The van der Waals surface area contributed by atoms with Crippen LogP contribution in [0.5, 0.6) is 5.75 Å². The van der Waals surface area contributed by atoms with Crippen LogP contribution in [0.15, 0.2) is 29.3 Å². The lowest BCUT2D eigenvalue weighted by Gasteiger charge is -2.08. The van der Waals surface area contributed by atoms with Crippen molar-refractivity contribution in [3.8, 4) is 5.75 Å². The quantitative estimate of drug-likeness (QED) is 0.864. The van der Waals surface area contributed by atoms with E-state index in [1.54, 1.807) is 13.2 Å². The molecule has 1 aromatic heterocycles. The van der Waals surface area contributed by atoms with E-state index in [-0.39, 0.29) is 12.4 Å². The molecule has 1 heterocycles. The van der Waals surface area contributed by atoms with Gasteiger partial charge >= 0.3 is 0 Å². The molecule has 1 aromatic carbocycles. The first-order valence-corrected chi connectivity index (χ1v) is 6.71. The number of halogens is 1. The van der Waals surface area contributed by atoms with Crippen molar-refractivity contribution in [3.63, 3.8) is 0 Å². The average molecular weight is 286 g/mol. The topological polar surface area (TPSA) is 100 Å². The maximum atomic E-state index is 13.0. The molecule has 0 atom stereocenters. The van der Waals surface area contributed by atoms with Crippen LogP contribution in [0.1, 0.15) is 5.69 Å². The Morgan fingerprint density at radius 1 is 1.47 bits per heavy atom. The van der Waals surface area contributed by atoms with Crippen LogP contribution in [0.25, 0.3) is 0 Å². The predicted molar refractivity (Wildman–Crippen MR) is 63.1 cm³/mol. The van der Waals surface area contributed by atoms with Gasteiger partial charge in [-0.2, -0.15) is 0 Å². The molecule has 0 fully saturated rings. The molecule has 2 N–H and O–H groups in total. The van der Waals surface area contributed by atoms with Crippen LogP contribution in [0, 0.1) is 5.82 Å². The number of hydrogen-bond acceptors (Lipinski definition) is 5. The standard InChI is InChI=1S/C10H11FN4O3S/c1-15-5-8(13-14-15)6-18-9-3-2-7(11)4-10(9)19(12,16)17/h2-5H,6H2,1H3,(H2,12,16,17). The molecule has 0 bridgehead atoms. The number of aromatic nitrogens is 3. The Balaban J connectivity index is 2.25. The molecule has 0 aliphatic heterocycles. The van der Waals surface area contributed by atoms with Crippen molar-refractivity contribution in [2.75, 3.05) is 0 Å². The van der Waals surface area contributed by atoms with Crippen LogP contribution in [-0.2, 0) is 23.7 Å². The number of nitrogens with two attached hydrogens (primary N) is 1. The van der Waals surface area contributed by atoms with E-state index in [1.807, 2.05) is 0 Å². The molecular weight excluding hydrogens is 275 g/mol. The Morgan fingerprint density at radius 2 is 2.21 bits per heavy atom. The van der Waals surface area contributed by atoms with Crippen LogP contribution in [0.2, 0.25) is 0 Å². The Hall–Kier alpha value is -2.00. The van der Waals surface area contributed by atoms with E-state index < -0.39 is 20.7 Å². The number of sulfonamides is 1. The van der Waals surface area contributed by atoms with Gasteiger partial charge in [0.25, 0.3) is 0 Å². The van der Waals surface area contributed by atoms with E-state index in [1.165, 1.54) is 10.7 Å². The number of primary sulfonamides is 1. The molecule has 0 aliphatic carbocycles. The third-order valence-corrected chi connectivity index (χ3v) is 3.17. The first-order chi connectivity index (χ1) is 8.86.